The van der Waals surface area contributed by atoms with E-state index in [0.717, 1.165) is 13.2 Å². The maximum absolute atomic E-state index is 6.07. The lowest BCUT2D eigenvalue weighted by Gasteiger charge is -2.30. The number of rotatable bonds is 4. The van der Waals surface area contributed by atoms with Crippen molar-refractivity contribution in [2.24, 2.45) is 11.8 Å². The summed E-state index contributed by atoms with van der Waals surface area (Å²) in [7, 11) is 0. The van der Waals surface area contributed by atoms with Gasteiger partial charge in [-0.1, -0.05) is 46.0 Å². The van der Waals surface area contributed by atoms with Gasteiger partial charge in [-0.3, -0.25) is 0 Å². The van der Waals surface area contributed by atoms with E-state index in [1.54, 1.807) is 0 Å². The molecule has 0 fully saturated rings. The summed E-state index contributed by atoms with van der Waals surface area (Å²) in [6.45, 7) is 6.05. The van der Waals surface area contributed by atoms with Crippen LogP contribution in [0.2, 0.25) is 0 Å². The van der Waals surface area contributed by atoms with E-state index in [4.69, 9.17) is 9.47 Å². The second-order valence-electron chi connectivity index (χ2n) is 6.03. The van der Waals surface area contributed by atoms with E-state index in [2.05, 4.69) is 13.8 Å². The zero-order valence-electron chi connectivity index (χ0n) is 12.7. The number of hydrogen-bond acceptors (Lipinski definition) is 2. The number of ether oxygens (including phenoxy) is 2. The van der Waals surface area contributed by atoms with Crippen LogP contribution in [0.3, 0.4) is 0 Å². The van der Waals surface area contributed by atoms with Crippen molar-refractivity contribution in [3.05, 3.63) is 11.5 Å². The van der Waals surface area contributed by atoms with Crippen LogP contribution in [0.5, 0.6) is 0 Å². The third-order valence-electron chi connectivity index (χ3n) is 4.46. The number of allylic oxidation sites excluding steroid dienone is 2. The van der Waals surface area contributed by atoms with Gasteiger partial charge in [0.25, 0.3) is 0 Å². The van der Waals surface area contributed by atoms with Crippen LogP contribution in [0, 0.1) is 11.8 Å². The van der Waals surface area contributed by atoms with Gasteiger partial charge in [0, 0.05) is 11.8 Å². The van der Waals surface area contributed by atoms with Crippen molar-refractivity contribution in [2.45, 2.75) is 71.6 Å². The van der Waals surface area contributed by atoms with E-state index < -0.39 is 0 Å². The molecule has 0 N–H and O–H groups in total. The predicted octanol–water partition coefficient (Wildman–Crippen LogP) is 5.04. The fraction of sp³-hybridized carbons (Fsp3) is 0.882. The summed E-state index contributed by atoms with van der Waals surface area (Å²) in [4.78, 5) is 0. The first kappa shape index (κ1) is 14.7. The van der Waals surface area contributed by atoms with E-state index >= 15 is 0 Å². The highest BCUT2D eigenvalue weighted by molar-refractivity contribution is 5.11. The minimum absolute atomic E-state index is 0.609. The second kappa shape index (κ2) is 7.81. The Morgan fingerprint density at radius 3 is 1.68 bits per heavy atom. The molecule has 2 heteroatoms. The van der Waals surface area contributed by atoms with Crippen LogP contribution >= 0.6 is 0 Å². The van der Waals surface area contributed by atoms with Gasteiger partial charge in [0.05, 0.1) is 0 Å². The summed E-state index contributed by atoms with van der Waals surface area (Å²) in [6.07, 6.45) is 11.6. The molecular weight excluding hydrogens is 236 g/mol. The Bertz CT molecular complexity index is 268. The van der Waals surface area contributed by atoms with E-state index in [1.807, 2.05) is 0 Å². The molecule has 1 heterocycles. The smallest absolute Gasteiger partial charge is 0.137 e. The van der Waals surface area contributed by atoms with Crippen LogP contribution in [0.25, 0.3) is 0 Å². The quantitative estimate of drug-likeness (QED) is 0.709. The van der Waals surface area contributed by atoms with Gasteiger partial charge in [-0.2, -0.15) is 0 Å². The average molecular weight is 266 g/mol. The van der Waals surface area contributed by atoms with Crippen molar-refractivity contribution in [2.75, 3.05) is 13.2 Å². The first-order valence-electron chi connectivity index (χ1n) is 8.36. The van der Waals surface area contributed by atoms with E-state index in [-0.39, 0.29) is 0 Å². The normalized spacial score (nSPS) is 28.5. The molecule has 0 amide bonds. The van der Waals surface area contributed by atoms with Gasteiger partial charge in [0.2, 0.25) is 0 Å². The van der Waals surface area contributed by atoms with Gasteiger partial charge in [-0.15, -0.1) is 0 Å². The molecule has 0 aromatic rings. The Balaban J connectivity index is 2.24. The maximum atomic E-state index is 6.07. The molecule has 0 radical (unpaired) electrons. The van der Waals surface area contributed by atoms with Gasteiger partial charge in [0.15, 0.2) is 0 Å². The summed E-state index contributed by atoms with van der Waals surface area (Å²) in [5, 5.41) is 0. The Kier molecular flexibility index (Phi) is 6.06. The lowest BCUT2D eigenvalue weighted by molar-refractivity contribution is 0.0261. The lowest BCUT2D eigenvalue weighted by Crippen LogP contribution is -2.23. The van der Waals surface area contributed by atoms with Crippen LogP contribution in [0.4, 0.5) is 0 Å². The average Bonchev–Trinajstić information content (AvgIpc) is 2.51. The predicted molar refractivity (Wildman–Crippen MR) is 78.8 cm³/mol. The molecule has 0 bridgehead atoms. The third kappa shape index (κ3) is 3.90. The third-order valence-corrected chi connectivity index (χ3v) is 4.46. The van der Waals surface area contributed by atoms with Gasteiger partial charge in [-0.25, -0.2) is 0 Å². The molecule has 0 aromatic carbocycles. The molecule has 2 nitrogen and oxygen atoms in total. The molecule has 2 rings (SSSR count). The van der Waals surface area contributed by atoms with Crippen molar-refractivity contribution >= 4 is 0 Å². The topological polar surface area (TPSA) is 18.5 Å². The van der Waals surface area contributed by atoms with Crippen LogP contribution in [-0.2, 0) is 9.47 Å². The Labute approximate surface area is 118 Å². The summed E-state index contributed by atoms with van der Waals surface area (Å²) in [6, 6.07) is 0. The van der Waals surface area contributed by atoms with Gasteiger partial charge >= 0.3 is 0 Å². The van der Waals surface area contributed by atoms with Gasteiger partial charge < -0.3 is 9.47 Å². The highest BCUT2D eigenvalue weighted by atomic mass is 16.6. The highest BCUT2D eigenvalue weighted by Crippen LogP contribution is 2.37. The standard InChI is InChI=1S/C17H30O2/c1-3-8-14-10-6-5-7-11-15(9-4-2)17-16(14)18-12-13-19-17/h14-15H,3-13H2,1-2H3. The first-order chi connectivity index (χ1) is 9.36. The molecule has 1 aliphatic carbocycles. The van der Waals surface area contributed by atoms with Crippen LogP contribution in [0.1, 0.15) is 71.6 Å². The molecule has 0 aromatic heterocycles. The second-order valence-corrected chi connectivity index (χ2v) is 6.03. The molecule has 0 spiro atoms. The molecule has 0 saturated carbocycles. The van der Waals surface area contributed by atoms with E-state index in [1.165, 1.54) is 69.3 Å². The van der Waals surface area contributed by atoms with Crippen molar-refractivity contribution in [3.8, 4) is 0 Å². The molecule has 1 aliphatic heterocycles. The largest absolute Gasteiger partial charge is 0.491 e. The minimum atomic E-state index is 0.609. The van der Waals surface area contributed by atoms with E-state index in [9.17, 15) is 0 Å². The monoisotopic (exact) mass is 266 g/mol. The summed E-state index contributed by atoms with van der Waals surface area (Å²) < 4.78 is 12.1. The van der Waals surface area contributed by atoms with Crippen LogP contribution < -0.4 is 0 Å². The Morgan fingerprint density at radius 1 is 0.789 bits per heavy atom. The Morgan fingerprint density at radius 2 is 1.26 bits per heavy atom. The molecule has 19 heavy (non-hydrogen) atoms. The van der Waals surface area contributed by atoms with Crippen LogP contribution in [0.15, 0.2) is 11.5 Å². The maximum Gasteiger partial charge on any atom is 0.137 e. The lowest BCUT2D eigenvalue weighted by atomic mass is 9.90. The zero-order chi connectivity index (χ0) is 13.5. The minimum Gasteiger partial charge on any atom is -0.491 e. The van der Waals surface area contributed by atoms with Crippen molar-refractivity contribution in [1.29, 1.82) is 0 Å². The van der Waals surface area contributed by atoms with Crippen LogP contribution in [-0.4, -0.2) is 13.2 Å². The fourth-order valence-corrected chi connectivity index (χ4v) is 3.55. The first-order valence-corrected chi connectivity index (χ1v) is 8.36. The number of hydrogen-bond donors (Lipinski definition) is 0. The molecule has 2 unspecified atom stereocenters. The molecular formula is C17H30O2. The summed E-state index contributed by atoms with van der Waals surface area (Å²) >= 11 is 0. The van der Waals surface area contributed by atoms with Gasteiger partial charge in [-0.05, 0) is 25.7 Å². The van der Waals surface area contributed by atoms with Crippen molar-refractivity contribution in [3.63, 3.8) is 0 Å². The summed E-state index contributed by atoms with van der Waals surface area (Å²) in [5.41, 5.74) is 0. The van der Waals surface area contributed by atoms with E-state index in [0.29, 0.717) is 11.8 Å². The van der Waals surface area contributed by atoms with Crippen molar-refractivity contribution < 1.29 is 9.47 Å². The summed E-state index contributed by atoms with van der Waals surface area (Å²) in [5.74, 6) is 3.68. The molecule has 2 atom stereocenters. The molecule has 0 saturated heterocycles. The van der Waals surface area contributed by atoms with Crippen molar-refractivity contribution in [1.82, 2.24) is 0 Å². The highest BCUT2D eigenvalue weighted by Gasteiger charge is 2.29. The fourth-order valence-electron chi connectivity index (χ4n) is 3.55. The molecule has 2 aliphatic rings. The SMILES string of the molecule is CCCC1CCCCCC(CCC)C2=C1OCCO2. The van der Waals surface area contributed by atoms with Gasteiger partial charge in [0.1, 0.15) is 24.7 Å². The Hall–Kier alpha value is -0.660. The zero-order valence-corrected chi connectivity index (χ0v) is 12.7. The molecule has 110 valence electrons.